The minimum Gasteiger partial charge on any atom is -0.382 e. The van der Waals surface area contributed by atoms with Crippen LogP contribution < -0.4 is 5.32 Å². The van der Waals surface area contributed by atoms with Crippen LogP contribution in [0, 0.1) is 5.92 Å². The number of nitrogens with zero attached hydrogens (tertiary/aromatic N) is 1. The number of carbonyl (C=O) groups excluding carboxylic acids is 1. The van der Waals surface area contributed by atoms with Crippen LogP contribution >= 0.6 is 0 Å². The van der Waals surface area contributed by atoms with Crippen molar-refractivity contribution in [1.29, 1.82) is 0 Å². The molecule has 0 aliphatic carbocycles. The quantitative estimate of drug-likeness (QED) is 0.855. The Balaban J connectivity index is 1.87. The van der Waals surface area contributed by atoms with E-state index in [1.807, 2.05) is 12.1 Å². The Labute approximate surface area is 127 Å². The van der Waals surface area contributed by atoms with Crippen molar-refractivity contribution in [3.8, 4) is 0 Å². The van der Waals surface area contributed by atoms with E-state index in [0.29, 0.717) is 23.9 Å². The largest absolute Gasteiger partial charge is 0.382 e. The average molecular weight is 286 g/mol. The van der Waals surface area contributed by atoms with E-state index in [4.69, 9.17) is 0 Å². The zero-order chi connectivity index (χ0) is 15.0. The van der Waals surface area contributed by atoms with Gasteiger partial charge in [0.1, 0.15) is 0 Å². The normalized spacial score (nSPS) is 32.2. The highest BCUT2D eigenvalue weighted by Gasteiger charge is 2.36. The van der Waals surface area contributed by atoms with Gasteiger partial charge in [0, 0.05) is 24.3 Å². The molecule has 1 aromatic carbocycles. The van der Waals surface area contributed by atoms with Crippen LogP contribution in [0.25, 0.3) is 0 Å². The van der Waals surface area contributed by atoms with Crippen molar-refractivity contribution in [2.24, 2.45) is 5.92 Å². The first kappa shape index (κ1) is 14.4. The molecule has 0 bridgehead atoms. The van der Waals surface area contributed by atoms with E-state index >= 15 is 0 Å². The Morgan fingerprint density at radius 1 is 1.24 bits per heavy atom. The molecule has 0 spiro atoms. The van der Waals surface area contributed by atoms with Crippen molar-refractivity contribution in [3.05, 3.63) is 29.8 Å². The zero-order valence-electron chi connectivity index (χ0n) is 13.3. The lowest BCUT2D eigenvalue weighted by molar-refractivity contribution is -0.137. The monoisotopic (exact) mass is 286 g/mol. The molecular weight excluding hydrogens is 260 g/mol. The number of hydrogen-bond acceptors (Lipinski definition) is 2. The molecule has 2 aliphatic heterocycles. The first-order valence-corrected chi connectivity index (χ1v) is 8.24. The van der Waals surface area contributed by atoms with Crippen LogP contribution in [0.15, 0.2) is 24.3 Å². The lowest BCUT2D eigenvalue weighted by atomic mass is 9.84. The number of likely N-dealkylation sites (tertiary alicyclic amines) is 1. The van der Waals surface area contributed by atoms with Crippen molar-refractivity contribution in [2.45, 2.75) is 58.0 Å². The number of rotatable bonds is 1. The summed E-state index contributed by atoms with van der Waals surface area (Å²) < 4.78 is 0. The molecule has 3 nitrogen and oxygen atoms in total. The molecule has 3 rings (SSSR count). The highest BCUT2D eigenvalue weighted by atomic mass is 16.2. The van der Waals surface area contributed by atoms with Gasteiger partial charge in [-0.2, -0.15) is 0 Å². The number of hydrogen-bond donors (Lipinski definition) is 1. The van der Waals surface area contributed by atoms with Crippen molar-refractivity contribution in [3.63, 3.8) is 0 Å². The van der Waals surface area contributed by atoms with Gasteiger partial charge in [-0.1, -0.05) is 25.1 Å². The van der Waals surface area contributed by atoms with Crippen molar-refractivity contribution >= 4 is 11.6 Å². The van der Waals surface area contributed by atoms with Crippen molar-refractivity contribution in [1.82, 2.24) is 4.90 Å². The topological polar surface area (TPSA) is 32.3 Å². The van der Waals surface area contributed by atoms with Crippen LogP contribution in [0.5, 0.6) is 0 Å². The summed E-state index contributed by atoms with van der Waals surface area (Å²) in [5.41, 5.74) is 2.30. The molecule has 1 amide bonds. The molecule has 1 saturated heterocycles. The molecule has 1 aromatic rings. The number of para-hydroxylation sites is 1. The van der Waals surface area contributed by atoms with Crippen LogP contribution in [0.2, 0.25) is 0 Å². The van der Waals surface area contributed by atoms with E-state index in [9.17, 15) is 4.79 Å². The summed E-state index contributed by atoms with van der Waals surface area (Å²) >= 11 is 0. The van der Waals surface area contributed by atoms with Crippen LogP contribution in [-0.2, 0) is 4.79 Å². The molecule has 114 valence electrons. The summed E-state index contributed by atoms with van der Waals surface area (Å²) in [6.45, 7) is 7.56. The highest BCUT2D eigenvalue weighted by Crippen LogP contribution is 2.37. The second-order valence-electron chi connectivity index (χ2n) is 6.81. The van der Waals surface area contributed by atoms with Gasteiger partial charge in [-0.25, -0.2) is 0 Å². The fourth-order valence-electron chi connectivity index (χ4n) is 3.82. The summed E-state index contributed by atoms with van der Waals surface area (Å²) in [6.07, 6.45) is 3.27. The third-order valence-electron chi connectivity index (χ3n) is 5.28. The van der Waals surface area contributed by atoms with Crippen LogP contribution in [0.4, 0.5) is 5.69 Å². The smallest absolute Gasteiger partial charge is 0.230 e. The Kier molecular flexibility index (Phi) is 3.92. The van der Waals surface area contributed by atoms with E-state index in [1.54, 1.807) is 0 Å². The fourth-order valence-corrected chi connectivity index (χ4v) is 3.82. The molecule has 1 fully saturated rings. The van der Waals surface area contributed by atoms with Crippen LogP contribution in [0.3, 0.4) is 0 Å². The molecule has 0 aromatic heterocycles. The predicted octanol–water partition coefficient (Wildman–Crippen LogP) is 3.62. The maximum Gasteiger partial charge on any atom is 0.230 e. The Morgan fingerprint density at radius 2 is 2.00 bits per heavy atom. The lowest BCUT2D eigenvalue weighted by Gasteiger charge is -2.41. The van der Waals surface area contributed by atoms with E-state index in [-0.39, 0.29) is 5.92 Å². The van der Waals surface area contributed by atoms with Gasteiger partial charge in [0.05, 0.1) is 5.92 Å². The number of fused-ring (bicyclic) bond motifs is 1. The molecule has 1 N–H and O–H groups in total. The SMILES string of the molecule is CC1CC(C(=O)N2CCCC(C)C2C)c2ccccc2N1. The Morgan fingerprint density at radius 3 is 2.81 bits per heavy atom. The summed E-state index contributed by atoms with van der Waals surface area (Å²) in [6, 6.07) is 8.99. The number of amides is 1. The molecule has 4 unspecified atom stereocenters. The summed E-state index contributed by atoms with van der Waals surface area (Å²) in [4.78, 5) is 15.2. The minimum absolute atomic E-state index is 0.0187. The number of piperidine rings is 1. The van der Waals surface area contributed by atoms with Crippen LogP contribution in [0.1, 0.15) is 51.5 Å². The van der Waals surface area contributed by atoms with Gasteiger partial charge >= 0.3 is 0 Å². The second-order valence-corrected chi connectivity index (χ2v) is 6.81. The van der Waals surface area contributed by atoms with Crippen molar-refractivity contribution < 1.29 is 4.79 Å². The van der Waals surface area contributed by atoms with Gasteiger partial charge in [0.15, 0.2) is 0 Å². The molecule has 2 aliphatic rings. The van der Waals surface area contributed by atoms with Crippen LogP contribution in [-0.4, -0.2) is 29.4 Å². The molecule has 0 saturated carbocycles. The molecule has 21 heavy (non-hydrogen) atoms. The predicted molar refractivity (Wildman–Crippen MR) is 86.5 cm³/mol. The third kappa shape index (κ3) is 2.66. The lowest BCUT2D eigenvalue weighted by Crippen LogP contribution is -2.49. The van der Waals surface area contributed by atoms with Gasteiger partial charge in [0.2, 0.25) is 5.91 Å². The summed E-state index contributed by atoms with van der Waals surface area (Å²) in [5.74, 6) is 0.956. The highest BCUT2D eigenvalue weighted by molar-refractivity contribution is 5.87. The van der Waals surface area contributed by atoms with Gasteiger partial charge in [0.25, 0.3) is 0 Å². The van der Waals surface area contributed by atoms with Crippen molar-refractivity contribution in [2.75, 3.05) is 11.9 Å². The van der Waals surface area contributed by atoms with E-state index < -0.39 is 0 Å². The Hall–Kier alpha value is -1.51. The van der Waals surface area contributed by atoms with Gasteiger partial charge in [-0.05, 0) is 50.7 Å². The molecule has 4 atom stereocenters. The number of carbonyl (C=O) groups is 1. The van der Waals surface area contributed by atoms with Gasteiger partial charge in [-0.15, -0.1) is 0 Å². The van der Waals surface area contributed by atoms with E-state index in [1.165, 1.54) is 12.0 Å². The second kappa shape index (κ2) is 5.70. The number of anilines is 1. The standard InChI is InChI=1S/C18H26N2O/c1-12-7-6-10-20(14(12)3)18(21)16-11-13(2)19-17-9-5-4-8-15(16)17/h4-5,8-9,12-14,16,19H,6-7,10-11H2,1-3H3. The molecular formula is C18H26N2O. The first-order chi connectivity index (χ1) is 10.1. The minimum atomic E-state index is 0.0187. The Bertz CT molecular complexity index is 528. The summed E-state index contributed by atoms with van der Waals surface area (Å²) in [5, 5.41) is 3.50. The van der Waals surface area contributed by atoms with Gasteiger partial charge in [-0.3, -0.25) is 4.79 Å². The maximum absolute atomic E-state index is 13.1. The third-order valence-corrected chi connectivity index (χ3v) is 5.28. The molecule has 3 heteroatoms. The number of nitrogens with one attached hydrogen (secondary N) is 1. The number of benzene rings is 1. The fraction of sp³-hybridized carbons (Fsp3) is 0.611. The first-order valence-electron chi connectivity index (χ1n) is 8.24. The summed E-state index contributed by atoms with van der Waals surface area (Å²) in [7, 11) is 0. The molecule has 0 radical (unpaired) electrons. The average Bonchev–Trinajstić information content (AvgIpc) is 2.48. The van der Waals surface area contributed by atoms with E-state index in [0.717, 1.165) is 25.1 Å². The van der Waals surface area contributed by atoms with E-state index in [2.05, 4.69) is 43.1 Å². The zero-order valence-corrected chi connectivity index (χ0v) is 13.3. The molecule has 2 heterocycles. The van der Waals surface area contributed by atoms with Gasteiger partial charge < -0.3 is 10.2 Å². The maximum atomic E-state index is 13.1.